The van der Waals surface area contributed by atoms with Crippen LogP contribution in [0.1, 0.15) is 56.5 Å². The summed E-state index contributed by atoms with van der Waals surface area (Å²) >= 11 is 1.74. The van der Waals surface area contributed by atoms with Crippen LogP contribution in [0.4, 0.5) is 0 Å². The molecule has 0 amide bonds. The van der Waals surface area contributed by atoms with Gasteiger partial charge in [0.15, 0.2) is 0 Å². The van der Waals surface area contributed by atoms with E-state index in [-0.39, 0.29) is 5.54 Å². The molecule has 3 nitrogen and oxygen atoms in total. The minimum Gasteiger partial charge on any atom is -0.329 e. The summed E-state index contributed by atoms with van der Waals surface area (Å²) in [6.07, 6.45) is 6.39. The zero-order valence-corrected chi connectivity index (χ0v) is 13.7. The van der Waals surface area contributed by atoms with Gasteiger partial charge >= 0.3 is 0 Å². The molecule has 1 heterocycles. The largest absolute Gasteiger partial charge is 0.329 e. The van der Waals surface area contributed by atoms with Crippen LogP contribution in [0.25, 0.3) is 0 Å². The minimum atomic E-state index is 0.101. The molecule has 1 atom stereocenters. The lowest BCUT2D eigenvalue weighted by atomic mass is 9.92. The van der Waals surface area contributed by atoms with E-state index in [2.05, 4.69) is 37.7 Å². The summed E-state index contributed by atoms with van der Waals surface area (Å²) in [4.78, 5) is 8.08. The monoisotopic (exact) mass is 283 g/mol. The molecule has 0 saturated heterocycles. The van der Waals surface area contributed by atoms with Crippen molar-refractivity contribution in [3.63, 3.8) is 0 Å². The summed E-state index contributed by atoms with van der Waals surface area (Å²) in [5.41, 5.74) is 9.22. The van der Waals surface area contributed by atoms with Crippen LogP contribution in [-0.4, -0.2) is 29.0 Å². The molecule has 0 aliphatic heterocycles. The Hall–Kier alpha value is -0.450. The lowest BCUT2D eigenvalue weighted by molar-refractivity contribution is 0.123. The Morgan fingerprint density at radius 3 is 2.63 bits per heavy atom. The van der Waals surface area contributed by atoms with Gasteiger partial charge in [0.05, 0.1) is 11.2 Å². The molecule has 1 unspecified atom stereocenters. The Morgan fingerprint density at radius 1 is 1.37 bits per heavy atom. The maximum atomic E-state index is 6.04. The first-order chi connectivity index (χ1) is 9.03. The zero-order chi connectivity index (χ0) is 14.3. The molecule has 0 aromatic carbocycles. The van der Waals surface area contributed by atoms with Crippen LogP contribution >= 0.6 is 11.3 Å². The van der Waals surface area contributed by atoms with Crippen molar-refractivity contribution in [3.05, 3.63) is 16.1 Å². The second-order valence-corrected chi connectivity index (χ2v) is 6.67. The Kier molecular flexibility index (Phi) is 6.97. The van der Waals surface area contributed by atoms with Gasteiger partial charge in [-0.05, 0) is 27.3 Å². The standard InChI is InChI=1S/C15H29N3S/c1-5-6-7-8-9-15(3,11-16)18(4)10-14-13(2)17-12-19-14/h12H,5-11,16H2,1-4H3. The molecule has 4 heteroatoms. The summed E-state index contributed by atoms with van der Waals surface area (Å²) in [5.74, 6) is 0. The molecule has 0 aliphatic carbocycles. The van der Waals surface area contributed by atoms with Crippen molar-refractivity contribution in [3.8, 4) is 0 Å². The molecule has 0 fully saturated rings. The van der Waals surface area contributed by atoms with E-state index in [4.69, 9.17) is 5.73 Å². The highest BCUT2D eigenvalue weighted by Crippen LogP contribution is 2.24. The minimum absolute atomic E-state index is 0.101. The number of hydrogen-bond acceptors (Lipinski definition) is 4. The number of aromatic nitrogens is 1. The fraction of sp³-hybridized carbons (Fsp3) is 0.800. The third kappa shape index (κ3) is 4.86. The molecular formula is C15H29N3S. The van der Waals surface area contributed by atoms with Crippen LogP contribution in [-0.2, 0) is 6.54 Å². The van der Waals surface area contributed by atoms with Gasteiger partial charge in [0.25, 0.3) is 0 Å². The second-order valence-electron chi connectivity index (χ2n) is 5.73. The Morgan fingerprint density at radius 2 is 2.11 bits per heavy atom. The molecule has 110 valence electrons. The smallest absolute Gasteiger partial charge is 0.0798 e. The number of rotatable bonds is 9. The molecule has 0 saturated carbocycles. The highest BCUT2D eigenvalue weighted by Gasteiger charge is 2.27. The Labute approximate surface area is 122 Å². The Balaban J connectivity index is 2.54. The number of hydrogen-bond donors (Lipinski definition) is 1. The van der Waals surface area contributed by atoms with Crippen molar-refractivity contribution in [1.29, 1.82) is 0 Å². The highest BCUT2D eigenvalue weighted by molar-refractivity contribution is 7.09. The van der Waals surface area contributed by atoms with Crippen LogP contribution < -0.4 is 5.73 Å². The van der Waals surface area contributed by atoms with Crippen LogP contribution in [0.15, 0.2) is 5.51 Å². The molecule has 0 radical (unpaired) electrons. The van der Waals surface area contributed by atoms with Crippen molar-refractivity contribution in [2.45, 2.75) is 65.0 Å². The number of likely N-dealkylation sites (N-methyl/N-ethyl adjacent to an activating group) is 1. The number of nitrogens with zero attached hydrogens (tertiary/aromatic N) is 2. The van der Waals surface area contributed by atoms with E-state index in [1.807, 2.05) is 5.51 Å². The van der Waals surface area contributed by atoms with Crippen molar-refractivity contribution < 1.29 is 0 Å². The first-order valence-electron chi connectivity index (χ1n) is 7.33. The van der Waals surface area contributed by atoms with Crippen LogP contribution in [0.3, 0.4) is 0 Å². The van der Waals surface area contributed by atoms with Gasteiger partial charge in [0.1, 0.15) is 0 Å². The second kappa shape index (κ2) is 7.98. The average Bonchev–Trinajstić information content (AvgIpc) is 2.80. The van der Waals surface area contributed by atoms with E-state index < -0.39 is 0 Å². The number of thiazole rings is 1. The third-order valence-corrected chi connectivity index (χ3v) is 5.08. The summed E-state index contributed by atoms with van der Waals surface area (Å²) in [7, 11) is 2.19. The fourth-order valence-corrected chi connectivity index (χ4v) is 3.10. The first kappa shape index (κ1) is 16.6. The molecule has 1 rings (SSSR count). The van der Waals surface area contributed by atoms with E-state index in [9.17, 15) is 0 Å². The lowest BCUT2D eigenvalue weighted by Gasteiger charge is -2.38. The maximum absolute atomic E-state index is 6.04. The third-order valence-electron chi connectivity index (χ3n) is 4.16. The molecule has 0 aliphatic rings. The maximum Gasteiger partial charge on any atom is 0.0798 e. The van der Waals surface area contributed by atoms with Crippen LogP contribution in [0.5, 0.6) is 0 Å². The van der Waals surface area contributed by atoms with Crippen LogP contribution in [0, 0.1) is 6.92 Å². The van der Waals surface area contributed by atoms with E-state index >= 15 is 0 Å². The van der Waals surface area contributed by atoms with E-state index in [0.717, 1.165) is 12.2 Å². The predicted octanol–water partition coefficient (Wildman–Crippen LogP) is 3.57. The molecule has 0 spiro atoms. The number of aryl methyl sites for hydroxylation is 1. The van der Waals surface area contributed by atoms with Gasteiger partial charge in [-0.3, -0.25) is 4.90 Å². The quantitative estimate of drug-likeness (QED) is 0.704. The van der Waals surface area contributed by atoms with Crippen molar-refractivity contribution >= 4 is 11.3 Å². The predicted molar refractivity (Wildman–Crippen MR) is 84.5 cm³/mol. The van der Waals surface area contributed by atoms with Crippen molar-refractivity contribution in [1.82, 2.24) is 9.88 Å². The topological polar surface area (TPSA) is 42.1 Å². The first-order valence-corrected chi connectivity index (χ1v) is 8.21. The van der Waals surface area contributed by atoms with Crippen molar-refractivity contribution in [2.75, 3.05) is 13.6 Å². The molecule has 1 aromatic rings. The van der Waals surface area contributed by atoms with Crippen molar-refractivity contribution in [2.24, 2.45) is 5.73 Å². The average molecular weight is 283 g/mol. The highest BCUT2D eigenvalue weighted by atomic mass is 32.1. The number of nitrogens with two attached hydrogens (primary N) is 1. The van der Waals surface area contributed by atoms with Gasteiger partial charge in [-0.25, -0.2) is 4.98 Å². The summed E-state index contributed by atoms with van der Waals surface area (Å²) in [6, 6.07) is 0. The van der Waals surface area contributed by atoms with Gasteiger partial charge < -0.3 is 5.73 Å². The number of unbranched alkanes of at least 4 members (excludes halogenated alkanes) is 3. The molecule has 0 bridgehead atoms. The SMILES string of the molecule is CCCCCCC(C)(CN)N(C)Cc1scnc1C. The van der Waals surface area contributed by atoms with Gasteiger partial charge in [0.2, 0.25) is 0 Å². The normalized spacial score (nSPS) is 14.8. The lowest BCUT2D eigenvalue weighted by Crippen LogP contribution is -2.49. The van der Waals surface area contributed by atoms with Gasteiger partial charge in [-0.1, -0.05) is 32.6 Å². The molecule has 2 N–H and O–H groups in total. The molecule has 19 heavy (non-hydrogen) atoms. The molecule has 1 aromatic heterocycles. The zero-order valence-electron chi connectivity index (χ0n) is 12.9. The Bertz CT molecular complexity index is 364. The summed E-state index contributed by atoms with van der Waals surface area (Å²) in [5, 5.41) is 0. The van der Waals surface area contributed by atoms with Gasteiger partial charge in [-0.2, -0.15) is 0 Å². The summed E-state index contributed by atoms with van der Waals surface area (Å²) in [6.45, 7) is 8.29. The van der Waals surface area contributed by atoms with E-state index in [1.54, 1.807) is 11.3 Å². The van der Waals surface area contributed by atoms with E-state index in [0.29, 0.717) is 6.54 Å². The fourth-order valence-electron chi connectivity index (χ4n) is 2.27. The van der Waals surface area contributed by atoms with Gasteiger partial charge in [-0.15, -0.1) is 11.3 Å². The molecular weight excluding hydrogens is 254 g/mol. The van der Waals surface area contributed by atoms with Crippen LogP contribution in [0.2, 0.25) is 0 Å². The van der Waals surface area contributed by atoms with E-state index in [1.165, 1.54) is 37.0 Å². The van der Waals surface area contributed by atoms with Gasteiger partial charge in [0, 0.05) is 23.5 Å². The summed E-state index contributed by atoms with van der Waals surface area (Å²) < 4.78 is 0.